The maximum absolute atomic E-state index is 11.3. The monoisotopic (exact) mass is 397 g/mol. The van der Waals surface area contributed by atoms with Crippen molar-refractivity contribution in [2.45, 2.75) is 6.54 Å². The molecule has 0 heterocycles. The number of hydrogen-bond donors (Lipinski definition) is 3. The van der Waals surface area contributed by atoms with Crippen molar-refractivity contribution >= 4 is 58.1 Å². The van der Waals surface area contributed by atoms with E-state index in [1.807, 2.05) is 0 Å². The minimum atomic E-state index is -0.482. The first-order chi connectivity index (χ1) is 11.9. The second kappa shape index (κ2) is 8.61. The molecule has 7 nitrogen and oxygen atoms in total. The fourth-order valence-electron chi connectivity index (χ4n) is 1.96. The summed E-state index contributed by atoms with van der Waals surface area (Å²) < 4.78 is 0. The van der Waals surface area contributed by atoms with Gasteiger partial charge in [0.15, 0.2) is 5.11 Å². The Hall–Kier alpha value is -2.42. The van der Waals surface area contributed by atoms with Crippen LogP contribution in [0.15, 0.2) is 41.5 Å². The molecule has 4 N–H and O–H groups in total. The maximum atomic E-state index is 11.3. The third-order valence-corrected chi connectivity index (χ3v) is 3.77. The number of halogens is 2. The first kappa shape index (κ1) is 18.9. The molecule has 2 aromatic rings. The van der Waals surface area contributed by atoms with Crippen LogP contribution in [0, 0.1) is 10.1 Å². The van der Waals surface area contributed by atoms with E-state index >= 15 is 0 Å². The quantitative estimate of drug-likeness (QED) is 0.297. The normalized spacial score (nSPS) is 10.6. The molecule has 0 aliphatic carbocycles. The van der Waals surface area contributed by atoms with Gasteiger partial charge in [0.2, 0.25) is 0 Å². The Balaban J connectivity index is 2.18. The topological polar surface area (TPSA) is 106 Å². The van der Waals surface area contributed by atoms with Crippen molar-refractivity contribution < 1.29 is 4.92 Å². The fraction of sp³-hybridized carbons (Fsp3) is 0.0667. The lowest BCUT2D eigenvalue weighted by atomic mass is 10.1. The lowest BCUT2D eigenvalue weighted by Crippen LogP contribution is -2.23. The van der Waals surface area contributed by atoms with E-state index in [0.717, 1.165) is 5.56 Å². The number of rotatable bonds is 6. The van der Waals surface area contributed by atoms with Crippen LogP contribution in [-0.2, 0) is 6.54 Å². The van der Waals surface area contributed by atoms with Gasteiger partial charge < -0.3 is 11.1 Å². The van der Waals surface area contributed by atoms with Gasteiger partial charge in [0, 0.05) is 28.2 Å². The second-order valence-corrected chi connectivity index (χ2v) is 6.14. The predicted octanol–water partition coefficient (Wildman–Crippen LogP) is 3.68. The number of nitrogens with one attached hydrogen (secondary N) is 2. The molecule has 10 heteroatoms. The molecule has 0 radical (unpaired) electrons. The van der Waals surface area contributed by atoms with Gasteiger partial charge in [0.1, 0.15) is 5.69 Å². The Bertz CT molecular complexity index is 845. The molecule has 0 unspecified atom stereocenters. The van der Waals surface area contributed by atoms with Crippen molar-refractivity contribution in [2.75, 3.05) is 5.32 Å². The van der Waals surface area contributed by atoms with Crippen LogP contribution in [0.1, 0.15) is 11.1 Å². The zero-order valence-electron chi connectivity index (χ0n) is 12.7. The van der Waals surface area contributed by atoms with Gasteiger partial charge in [-0.25, -0.2) is 0 Å². The fourth-order valence-corrected chi connectivity index (χ4v) is 2.48. The number of nitro groups is 1. The van der Waals surface area contributed by atoms with Gasteiger partial charge in [-0.15, -0.1) is 0 Å². The maximum Gasteiger partial charge on any atom is 0.292 e. The van der Waals surface area contributed by atoms with Gasteiger partial charge in [-0.1, -0.05) is 35.3 Å². The Morgan fingerprint density at radius 3 is 2.72 bits per heavy atom. The van der Waals surface area contributed by atoms with E-state index in [1.54, 1.807) is 30.3 Å². The highest BCUT2D eigenvalue weighted by Crippen LogP contribution is 2.27. The highest BCUT2D eigenvalue weighted by molar-refractivity contribution is 7.80. The molecule has 0 aliphatic heterocycles. The average molecular weight is 398 g/mol. The first-order valence-corrected chi connectivity index (χ1v) is 8.08. The van der Waals surface area contributed by atoms with Crippen LogP contribution in [0.3, 0.4) is 0 Å². The Morgan fingerprint density at radius 1 is 1.32 bits per heavy atom. The van der Waals surface area contributed by atoms with E-state index in [0.29, 0.717) is 27.8 Å². The van der Waals surface area contributed by atoms with Crippen molar-refractivity contribution in [1.82, 2.24) is 5.43 Å². The largest absolute Gasteiger partial charge is 0.375 e. The Kier molecular flexibility index (Phi) is 6.51. The summed E-state index contributed by atoms with van der Waals surface area (Å²) in [6, 6.07) is 9.71. The Morgan fingerprint density at radius 2 is 2.08 bits per heavy atom. The molecule has 2 aromatic carbocycles. The molecule has 0 saturated carbocycles. The molecule has 0 aromatic heterocycles. The Labute approximate surface area is 159 Å². The van der Waals surface area contributed by atoms with Gasteiger partial charge in [-0.05, 0) is 36.0 Å². The second-order valence-electron chi connectivity index (χ2n) is 4.86. The van der Waals surface area contributed by atoms with E-state index in [2.05, 4.69) is 28.1 Å². The number of hydrogen-bond acceptors (Lipinski definition) is 5. The molecule has 0 fully saturated rings. The summed E-state index contributed by atoms with van der Waals surface area (Å²) in [6.07, 6.45) is 1.38. The van der Waals surface area contributed by atoms with Crippen molar-refractivity contribution in [2.24, 2.45) is 10.8 Å². The molecule has 0 saturated heterocycles. The standard InChI is InChI=1S/C15H13Cl2N5O2S/c16-11-3-2-10(12(17)6-11)8-19-13-4-1-9(5-14(13)22(23)24)7-20-21-15(18)25/h1-7,19H,8H2,(H3,18,21,25)/b20-7+. The highest BCUT2D eigenvalue weighted by atomic mass is 35.5. The molecule has 130 valence electrons. The minimum Gasteiger partial charge on any atom is -0.375 e. The van der Waals surface area contributed by atoms with Crippen molar-refractivity contribution in [3.05, 3.63) is 67.7 Å². The van der Waals surface area contributed by atoms with Crippen LogP contribution in [0.25, 0.3) is 0 Å². The van der Waals surface area contributed by atoms with Crippen LogP contribution in [-0.4, -0.2) is 16.3 Å². The molecule has 25 heavy (non-hydrogen) atoms. The highest BCUT2D eigenvalue weighted by Gasteiger charge is 2.14. The summed E-state index contributed by atoms with van der Waals surface area (Å²) in [5.74, 6) is 0. The molecule has 0 bridgehead atoms. The van der Waals surface area contributed by atoms with Gasteiger partial charge in [-0.2, -0.15) is 5.10 Å². The summed E-state index contributed by atoms with van der Waals surface area (Å²) in [4.78, 5) is 10.8. The van der Waals surface area contributed by atoms with Gasteiger partial charge >= 0.3 is 0 Å². The van der Waals surface area contributed by atoms with E-state index in [-0.39, 0.29) is 10.8 Å². The number of nitro benzene ring substituents is 1. The predicted molar refractivity (Wildman–Crippen MR) is 104 cm³/mol. The van der Waals surface area contributed by atoms with Crippen molar-refractivity contribution in [3.63, 3.8) is 0 Å². The molecule has 0 atom stereocenters. The van der Waals surface area contributed by atoms with Crippen LogP contribution in [0.5, 0.6) is 0 Å². The van der Waals surface area contributed by atoms with Crippen molar-refractivity contribution in [3.8, 4) is 0 Å². The summed E-state index contributed by atoms with van der Waals surface area (Å²) in [7, 11) is 0. The van der Waals surface area contributed by atoms with Crippen molar-refractivity contribution in [1.29, 1.82) is 0 Å². The third kappa shape index (κ3) is 5.56. The van der Waals surface area contributed by atoms with E-state index in [4.69, 9.17) is 28.9 Å². The van der Waals surface area contributed by atoms with E-state index < -0.39 is 4.92 Å². The summed E-state index contributed by atoms with van der Waals surface area (Å²) >= 11 is 16.6. The van der Waals surface area contributed by atoms with Crippen LogP contribution >= 0.6 is 35.4 Å². The van der Waals surface area contributed by atoms with E-state index in [1.165, 1.54) is 12.3 Å². The number of anilines is 1. The van der Waals surface area contributed by atoms with Crippen LogP contribution in [0.4, 0.5) is 11.4 Å². The number of hydrazone groups is 1. The molecular weight excluding hydrogens is 385 g/mol. The van der Waals surface area contributed by atoms with Crippen LogP contribution < -0.4 is 16.5 Å². The average Bonchev–Trinajstić information content (AvgIpc) is 2.54. The summed E-state index contributed by atoms with van der Waals surface area (Å²) in [5, 5.41) is 19.1. The molecule has 0 aliphatic rings. The first-order valence-electron chi connectivity index (χ1n) is 6.91. The molecule has 0 spiro atoms. The van der Waals surface area contributed by atoms with Gasteiger partial charge in [0.25, 0.3) is 5.69 Å². The number of nitrogens with zero attached hydrogens (tertiary/aromatic N) is 2. The van der Waals surface area contributed by atoms with Gasteiger partial charge in [0.05, 0.1) is 11.1 Å². The lowest BCUT2D eigenvalue weighted by Gasteiger charge is -2.09. The molecule has 2 rings (SSSR count). The zero-order valence-corrected chi connectivity index (χ0v) is 15.0. The van der Waals surface area contributed by atoms with Gasteiger partial charge in [-0.3, -0.25) is 15.5 Å². The third-order valence-electron chi connectivity index (χ3n) is 3.09. The number of thiocarbonyl (C=S) groups is 1. The summed E-state index contributed by atoms with van der Waals surface area (Å²) in [6.45, 7) is 0.313. The van der Waals surface area contributed by atoms with Crippen LogP contribution in [0.2, 0.25) is 10.0 Å². The number of benzene rings is 2. The molecular formula is C15H13Cl2N5O2S. The zero-order chi connectivity index (χ0) is 18.4. The summed E-state index contributed by atoms with van der Waals surface area (Å²) in [5.41, 5.74) is 9.18. The lowest BCUT2D eigenvalue weighted by molar-refractivity contribution is -0.384. The minimum absolute atomic E-state index is 0.00359. The van der Waals surface area contributed by atoms with E-state index in [9.17, 15) is 10.1 Å². The SMILES string of the molecule is NC(=S)N/N=C/c1ccc(NCc2ccc(Cl)cc2Cl)c([N+](=O)[O-])c1. The number of nitrogens with two attached hydrogens (primary N) is 1. The smallest absolute Gasteiger partial charge is 0.292 e. The molecule has 0 amide bonds.